The molecule has 4 heteroatoms. The van der Waals surface area contributed by atoms with E-state index in [9.17, 15) is 10.1 Å². The maximum Gasteiger partial charge on any atom is 0.243 e. The highest BCUT2D eigenvalue weighted by molar-refractivity contribution is 5.85. The van der Waals surface area contributed by atoms with E-state index >= 15 is 0 Å². The van der Waals surface area contributed by atoms with Gasteiger partial charge in [0.2, 0.25) is 5.91 Å². The molecule has 0 saturated carbocycles. The maximum absolute atomic E-state index is 12.9. The van der Waals surface area contributed by atoms with Crippen LogP contribution < -0.4 is 0 Å². The number of hydrogen-bond donors (Lipinski definition) is 0. The second-order valence-corrected chi connectivity index (χ2v) is 6.27. The summed E-state index contributed by atoms with van der Waals surface area (Å²) >= 11 is 0. The number of nitrogens with zero attached hydrogens (tertiary/aromatic N) is 3. The topological polar surface area (TPSA) is 47.3 Å². The molecule has 1 fully saturated rings. The molecule has 1 heterocycles. The van der Waals surface area contributed by atoms with Crippen molar-refractivity contribution in [3.63, 3.8) is 0 Å². The summed E-state index contributed by atoms with van der Waals surface area (Å²) in [7, 11) is 2.10. The van der Waals surface area contributed by atoms with Crippen LogP contribution >= 0.6 is 0 Å². The summed E-state index contributed by atoms with van der Waals surface area (Å²) in [4.78, 5) is 17.1. The van der Waals surface area contributed by atoms with Crippen molar-refractivity contribution >= 4 is 5.91 Å². The summed E-state index contributed by atoms with van der Waals surface area (Å²) in [5.41, 5.74) is -0.807. The van der Waals surface area contributed by atoms with Crippen molar-refractivity contribution in [2.24, 2.45) is 5.41 Å². The van der Waals surface area contributed by atoms with E-state index in [0.717, 1.165) is 25.9 Å². The minimum absolute atomic E-state index is 0.0514. The van der Waals surface area contributed by atoms with E-state index in [-0.39, 0.29) is 5.91 Å². The summed E-state index contributed by atoms with van der Waals surface area (Å²) in [5.74, 6) is 0.0514. The normalized spacial score (nSPS) is 24.5. The van der Waals surface area contributed by atoms with Crippen LogP contribution in [0, 0.1) is 16.7 Å². The van der Waals surface area contributed by atoms with Crippen molar-refractivity contribution in [2.45, 2.75) is 65.5 Å². The number of rotatable bonds is 5. The number of nitriles is 1. The molecule has 20 heavy (non-hydrogen) atoms. The van der Waals surface area contributed by atoms with Crippen molar-refractivity contribution < 1.29 is 4.79 Å². The first kappa shape index (κ1) is 17.0. The number of hydrogen-bond acceptors (Lipinski definition) is 3. The van der Waals surface area contributed by atoms with Crippen molar-refractivity contribution in [1.29, 1.82) is 5.26 Å². The van der Waals surface area contributed by atoms with Gasteiger partial charge < -0.3 is 4.90 Å². The minimum Gasteiger partial charge on any atom is -0.338 e. The molecule has 1 aliphatic rings. The summed E-state index contributed by atoms with van der Waals surface area (Å²) in [6.07, 6.45) is 3.09. The van der Waals surface area contributed by atoms with E-state index in [1.165, 1.54) is 0 Å². The zero-order chi connectivity index (χ0) is 15.3. The van der Waals surface area contributed by atoms with E-state index < -0.39 is 5.41 Å². The SMILES string of the molecule is CCCC(C#N)(CCC)C(=O)N1CC(C)N(C)C(C)C1. The smallest absolute Gasteiger partial charge is 0.243 e. The lowest BCUT2D eigenvalue weighted by atomic mass is 9.79. The third-order valence-corrected chi connectivity index (χ3v) is 4.62. The molecule has 0 radical (unpaired) electrons. The Bertz CT molecular complexity index is 356. The molecule has 114 valence electrons. The van der Waals surface area contributed by atoms with Gasteiger partial charge in [0.1, 0.15) is 5.41 Å². The molecule has 0 aromatic heterocycles. The Balaban J connectivity index is 2.93. The molecule has 1 saturated heterocycles. The lowest BCUT2D eigenvalue weighted by Gasteiger charge is -2.44. The highest BCUT2D eigenvalue weighted by Crippen LogP contribution is 2.32. The molecule has 1 aliphatic heterocycles. The van der Waals surface area contributed by atoms with Crippen LogP contribution in [0.4, 0.5) is 0 Å². The van der Waals surface area contributed by atoms with Gasteiger partial charge in [-0.05, 0) is 33.7 Å². The fraction of sp³-hybridized carbons (Fsp3) is 0.875. The quantitative estimate of drug-likeness (QED) is 0.777. The Kier molecular flexibility index (Phi) is 6.01. The number of likely N-dealkylation sites (N-methyl/N-ethyl adjacent to an activating group) is 1. The molecule has 0 aromatic rings. The van der Waals surface area contributed by atoms with E-state index in [1.807, 2.05) is 18.7 Å². The average Bonchev–Trinajstić information content (AvgIpc) is 2.43. The van der Waals surface area contributed by atoms with Gasteiger partial charge in [0.25, 0.3) is 0 Å². The second kappa shape index (κ2) is 7.08. The van der Waals surface area contributed by atoms with Crippen LogP contribution in [-0.4, -0.2) is 47.9 Å². The fourth-order valence-corrected chi connectivity index (χ4v) is 3.22. The van der Waals surface area contributed by atoms with Gasteiger partial charge in [-0.25, -0.2) is 0 Å². The lowest BCUT2D eigenvalue weighted by Crippen LogP contribution is -2.59. The Morgan fingerprint density at radius 1 is 1.20 bits per heavy atom. The van der Waals surface area contributed by atoms with Gasteiger partial charge >= 0.3 is 0 Å². The van der Waals surface area contributed by atoms with Crippen LogP contribution in [0.25, 0.3) is 0 Å². The predicted molar refractivity (Wildman–Crippen MR) is 81.1 cm³/mol. The monoisotopic (exact) mass is 279 g/mol. The molecule has 0 bridgehead atoms. The van der Waals surface area contributed by atoms with Crippen LogP contribution in [0.2, 0.25) is 0 Å². The van der Waals surface area contributed by atoms with E-state index in [1.54, 1.807) is 0 Å². The molecule has 0 aromatic carbocycles. The molecular weight excluding hydrogens is 250 g/mol. The molecule has 1 rings (SSSR count). The number of carbonyl (C=O) groups is 1. The second-order valence-electron chi connectivity index (χ2n) is 6.27. The Hall–Kier alpha value is -1.08. The van der Waals surface area contributed by atoms with Crippen molar-refractivity contribution in [3.05, 3.63) is 0 Å². The van der Waals surface area contributed by atoms with Crippen LogP contribution in [0.1, 0.15) is 53.4 Å². The fourth-order valence-electron chi connectivity index (χ4n) is 3.22. The molecule has 4 nitrogen and oxygen atoms in total. The van der Waals surface area contributed by atoms with Gasteiger partial charge in [-0.1, -0.05) is 26.7 Å². The molecule has 2 unspecified atom stereocenters. The van der Waals surface area contributed by atoms with Crippen LogP contribution in [-0.2, 0) is 4.79 Å². The first-order valence-electron chi connectivity index (χ1n) is 7.84. The van der Waals surface area contributed by atoms with Gasteiger partial charge in [-0.15, -0.1) is 0 Å². The summed E-state index contributed by atoms with van der Waals surface area (Å²) in [5, 5.41) is 9.62. The summed E-state index contributed by atoms with van der Waals surface area (Å²) in [6, 6.07) is 3.05. The van der Waals surface area contributed by atoms with Crippen LogP contribution in [0.15, 0.2) is 0 Å². The van der Waals surface area contributed by atoms with Gasteiger partial charge in [0, 0.05) is 25.2 Å². The predicted octanol–water partition coefficient (Wildman–Crippen LogP) is 2.65. The van der Waals surface area contributed by atoms with Crippen molar-refractivity contribution in [2.75, 3.05) is 20.1 Å². The van der Waals surface area contributed by atoms with Gasteiger partial charge in [0.15, 0.2) is 0 Å². The van der Waals surface area contributed by atoms with Crippen molar-refractivity contribution in [3.8, 4) is 6.07 Å². The summed E-state index contributed by atoms with van der Waals surface area (Å²) in [6.45, 7) is 9.84. The Morgan fingerprint density at radius 3 is 2.00 bits per heavy atom. The number of carbonyl (C=O) groups excluding carboxylic acids is 1. The molecule has 0 spiro atoms. The largest absolute Gasteiger partial charge is 0.338 e. The third kappa shape index (κ3) is 3.32. The molecule has 0 aliphatic carbocycles. The number of amides is 1. The van der Waals surface area contributed by atoms with Crippen LogP contribution in [0.5, 0.6) is 0 Å². The average molecular weight is 279 g/mol. The molecule has 0 N–H and O–H groups in total. The first-order valence-corrected chi connectivity index (χ1v) is 7.84. The van der Waals surface area contributed by atoms with Gasteiger partial charge in [0.05, 0.1) is 6.07 Å². The minimum atomic E-state index is -0.807. The zero-order valence-corrected chi connectivity index (χ0v) is 13.6. The third-order valence-electron chi connectivity index (χ3n) is 4.62. The van der Waals surface area contributed by atoms with E-state index in [2.05, 4.69) is 31.9 Å². The van der Waals surface area contributed by atoms with Gasteiger partial charge in [-0.3, -0.25) is 9.69 Å². The molecular formula is C16H29N3O. The highest BCUT2D eigenvalue weighted by Gasteiger charge is 2.42. The standard InChI is InChI=1S/C16H29N3O/c1-6-8-16(12-17,9-7-2)15(20)19-10-13(3)18(5)14(4)11-19/h13-14H,6-11H2,1-5H3. The van der Waals surface area contributed by atoms with E-state index in [4.69, 9.17) is 0 Å². The van der Waals surface area contributed by atoms with Gasteiger partial charge in [-0.2, -0.15) is 5.26 Å². The van der Waals surface area contributed by atoms with Crippen LogP contribution in [0.3, 0.4) is 0 Å². The Labute approximate surface area is 123 Å². The summed E-state index contributed by atoms with van der Waals surface area (Å²) < 4.78 is 0. The number of piperazine rings is 1. The van der Waals surface area contributed by atoms with E-state index in [0.29, 0.717) is 24.9 Å². The first-order chi connectivity index (χ1) is 9.41. The molecule has 1 amide bonds. The maximum atomic E-state index is 12.9. The zero-order valence-electron chi connectivity index (χ0n) is 13.6. The Morgan fingerprint density at radius 2 is 1.65 bits per heavy atom. The molecule has 2 atom stereocenters. The van der Waals surface area contributed by atoms with Crippen molar-refractivity contribution in [1.82, 2.24) is 9.80 Å². The lowest BCUT2D eigenvalue weighted by molar-refractivity contribution is -0.144. The highest BCUT2D eigenvalue weighted by atomic mass is 16.2.